The molecule has 3 heterocycles. The van der Waals surface area contributed by atoms with Crippen molar-refractivity contribution in [1.29, 1.82) is 0 Å². The summed E-state index contributed by atoms with van der Waals surface area (Å²) in [7, 11) is 0. The van der Waals surface area contributed by atoms with E-state index in [0.717, 1.165) is 24.1 Å². The monoisotopic (exact) mass is 392 g/mol. The van der Waals surface area contributed by atoms with Crippen LogP contribution in [0.1, 0.15) is 30.0 Å². The van der Waals surface area contributed by atoms with Crippen molar-refractivity contribution in [1.82, 2.24) is 19.9 Å². The number of carbonyl (C=O) groups excluding carboxylic acids is 1. The second-order valence-corrected chi connectivity index (χ2v) is 7.00. The number of rotatable bonds is 5. The smallest absolute Gasteiger partial charge is 0.241 e. The summed E-state index contributed by atoms with van der Waals surface area (Å²) in [4.78, 5) is 27.3. The predicted octanol–water partition coefficient (Wildman–Crippen LogP) is 3.75. The highest BCUT2D eigenvalue weighted by Crippen LogP contribution is 2.33. The molecule has 0 atom stereocenters. The minimum Gasteiger partial charge on any atom is -0.437 e. The van der Waals surface area contributed by atoms with E-state index in [4.69, 9.17) is 4.74 Å². The molecule has 29 heavy (non-hydrogen) atoms. The van der Waals surface area contributed by atoms with E-state index in [9.17, 15) is 9.18 Å². The van der Waals surface area contributed by atoms with Crippen LogP contribution in [0.2, 0.25) is 0 Å². The van der Waals surface area contributed by atoms with Crippen LogP contribution in [0.25, 0.3) is 0 Å². The average Bonchev–Trinajstić information content (AvgIpc) is 2.75. The number of aromatic nitrogens is 3. The van der Waals surface area contributed by atoms with Crippen molar-refractivity contribution in [3.63, 3.8) is 0 Å². The summed E-state index contributed by atoms with van der Waals surface area (Å²) in [6, 6.07) is 9.70. The number of hydrogen-bond acceptors (Lipinski definition) is 5. The highest BCUT2D eigenvalue weighted by atomic mass is 19.1. The summed E-state index contributed by atoms with van der Waals surface area (Å²) in [5, 5.41) is 0. The Hall–Kier alpha value is -3.35. The maximum atomic E-state index is 13.4. The lowest BCUT2D eigenvalue weighted by Crippen LogP contribution is -2.39. The summed E-state index contributed by atoms with van der Waals surface area (Å²) in [5.41, 5.74) is 1.66. The van der Waals surface area contributed by atoms with Gasteiger partial charge in [-0.1, -0.05) is 12.1 Å². The molecule has 1 aliphatic heterocycles. The van der Waals surface area contributed by atoms with Crippen LogP contribution in [-0.2, 0) is 11.2 Å². The average molecular weight is 392 g/mol. The van der Waals surface area contributed by atoms with Gasteiger partial charge in [-0.05, 0) is 36.6 Å². The molecule has 0 spiro atoms. The van der Waals surface area contributed by atoms with E-state index in [-0.39, 0.29) is 17.6 Å². The zero-order valence-electron chi connectivity index (χ0n) is 15.9. The van der Waals surface area contributed by atoms with E-state index < -0.39 is 0 Å². The summed E-state index contributed by atoms with van der Waals surface area (Å²) in [6.45, 7) is 1.31. The van der Waals surface area contributed by atoms with Gasteiger partial charge >= 0.3 is 0 Å². The first-order chi connectivity index (χ1) is 14.2. The Bertz CT molecular complexity index is 975. The summed E-state index contributed by atoms with van der Waals surface area (Å²) < 4.78 is 19.2. The van der Waals surface area contributed by atoms with Gasteiger partial charge in [0.05, 0.1) is 6.42 Å². The van der Waals surface area contributed by atoms with Crippen LogP contribution in [0.3, 0.4) is 0 Å². The van der Waals surface area contributed by atoms with Crippen LogP contribution in [0.4, 0.5) is 4.39 Å². The molecule has 0 N–H and O–H groups in total. The van der Waals surface area contributed by atoms with Gasteiger partial charge in [0.25, 0.3) is 0 Å². The zero-order chi connectivity index (χ0) is 20.1. The van der Waals surface area contributed by atoms with Crippen LogP contribution in [0.15, 0.2) is 61.2 Å². The molecule has 2 aromatic heterocycles. The normalized spacial score (nSPS) is 14.6. The number of ether oxygens (including phenoxy) is 1. The second kappa shape index (κ2) is 8.77. The summed E-state index contributed by atoms with van der Waals surface area (Å²) >= 11 is 0. The van der Waals surface area contributed by atoms with Crippen LogP contribution >= 0.6 is 0 Å². The Morgan fingerprint density at radius 2 is 1.93 bits per heavy atom. The second-order valence-electron chi connectivity index (χ2n) is 7.00. The predicted molar refractivity (Wildman–Crippen MR) is 105 cm³/mol. The quantitative estimate of drug-likeness (QED) is 0.661. The Balaban J connectivity index is 1.40. The highest BCUT2D eigenvalue weighted by Gasteiger charge is 2.27. The zero-order valence-corrected chi connectivity index (χ0v) is 15.9. The molecular weight excluding hydrogens is 371 g/mol. The number of likely N-dealkylation sites (tertiary alicyclic amines) is 1. The molecule has 1 aromatic carbocycles. The van der Waals surface area contributed by atoms with E-state index in [1.54, 1.807) is 36.9 Å². The van der Waals surface area contributed by atoms with E-state index in [1.165, 1.54) is 12.1 Å². The van der Waals surface area contributed by atoms with Gasteiger partial charge in [-0.3, -0.25) is 14.8 Å². The third-order valence-corrected chi connectivity index (χ3v) is 5.01. The molecule has 6 nitrogen and oxygen atoms in total. The van der Waals surface area contributed by atoms with Crippen LogP contribution in [0, 0.1) is 5.82 Å². The third-order valence-electron chi connectivity index (χ3n) is 5.01. The van der Waals surface area contributed by atoms with Crippen LogP contribution in [-0.4, -0.2) is 38.8 Å². The Kier molecular flexibility index (Phi) is 5.74. The Labute approximate surface area is 168 Å². The van der Waals surface area contributed by atoms with Crippen molar-refractivity contribution in [2.24, 2.45) is 0 Å². The molecule has 1 aliphatic rings. The van der Waals surface area contributed by atoms with Gasteiger partial charge in [0, 0.05) is 49.9 Å². The van der Waals surface area contributed by atoms with Gasteiger partial charge in [-0.2, -0.15) is 0 Å². The number of benzene rings is 1. The number of amides is 1. The molecular formula is C22H21FN4O2. The number of pyridine rings is 1. The fraction of sp³-hybridized carbons (Fsp3) is 0.273. The number of hydrogen-bond donors (Lipinski definition) is 0. The van der Waals surface area contributed by atoms with E-state index >= 15 is 0 Å². The molecule has 1 fully saturated rings. The fourth-order valence-electron chi connectivity index (χ4n) is 3.53. The first kappa shape index (κ1) is 19.0. The van der Waals surface area contributed by atoms with E-state index in [2.05, 4.69) is 15.0 Å². The molecule has 1 saturated heterocycles. The van der Waals surface area contributed by atoms with Gasteiger partial charge in [-0.15, -0.1) is 0 Å². The molecule has 0 saturated carbocycles. The molecule has 0 aliphatic carbocycles. The van der Waals surface area contributed by atoms with Crippen molar-refractivity contribution in [3.8, 4) is 11.6 Å². The lowest BCUT2D eigenvalue weighted by molar-refractivity contribution is -0.131. The first-order valence-corrected chi connectivity index (χ1v) is 9.60. The van der Waals surface area contributed by atoms with E-state index in [1.807, 2.05) is 17.0 Å². The van der Waals surface area contributed by atoms with Crippen LogP contribution in [0.5, 0.6) is 11.6 Å². The van der Waals surface area contributed by atoms with Crippen molar-refractivity contribution in [2.45, 2.75) is 25.2 Å². The SMILES string of the molecule is O=C(Cc1cccnc1)N1CCC(c2nccnc2Oc2cccc(F)c2)CC1. The molecule has 0 unspecified atom stereocenters. The standard InChI is InChI=1S/C22H21FN4O2/c23-18-4-1-5-19(14-18)29-22-21(25-9-10-26-22)17-6-11-27(12-7-17)20(28)13-16-3-2-8-24-15-16/h1-5,8-10,14-15,17H,6-7,11-13H2. The number of carbonyl (C=O) groups is 1. The van der Waals surface area contributed by atoms with Gasteiger partial charge in [-0.25, -0.2) is 9.37 Å². The van der Waals surface area contributed by atoms with Crippen molar-refractivity contribution >= 4 is 5.91 Å². The maximum Gasteiger partial charge on any atom is 0.241 e. The van der Waals surface area contributed by atoms with Crippen molar-refractivity contribution in [2.75, 3.05) is 13.1 Å². The number of piperidine rings is 1. The molecule has 3 aromatic rings. The Morgan fingerprint density at radius 1 is 1.10 bits per heavy atom. The van der Waals surface area contributed by atoms with Gasteiger partial charge in [0.1, 0.15) is 17.3 Å². The minimum absolute atomic E-state index is 0.104. The van der Waals surface area contributed by atoms with Crippen LogP contribution < -0.4 is 4.74 Å². The maximum absolute atomic E-state index is 13.4. The summed E-state index contributed by atoms with van der Waals surface area (Å²) in [5.74, 6) is 0.643. The van der Waals surface area contributed by atoms with Crippen molar-refractivity contribution < 1.29 is 13.9 Å². The largest absolute Gasteiger partial charge is 0.437 e. The molecule has 7 heteroatoms. The Morgan fingerprint density at radius 3 is 2.69 bits per heavy atom. The third kappa shape index (κ3) is 4.74. The molecule has 1 amide bonds. The first-order valence-electron chi connectivity index (χ1n) is 9.60. The topological polar surface area (TPSA) is 68.2 Å². The molecule has 0 bridgehead atoms. The summed E-state index contributed by atoms with van der Waals surface area (Å²) in [6.07, 6.45) is 8.52. The molecule has 148 valence electrons. The van der Waals surface area contributed by atoms with Crippen molar-refractivity contribution in [3.05, 3.63) is 78.3 Å². The molecule has 0 radical (unpaired) electrons. The fourth-order valence-corrected chi connectivity index (χ4v) is 3.53. The van der Waals surface area contributed by atoms with E-state index in [0.29, 0.717) is 31.1 Å². The van der Waals surface area contributed by atoms with Gasteiger partial charge < -0.3 is 9.64 Å². The highest BCUT2D eigenvalue weighted by molar-refractivity contribution is 5.78. The number of halogens is 1. The van der Waals surface area contributed by atoms with Gasteiger partial charge in [0.2, 0.25) is 11.8 Å². The number of nitrogens with zero attached hydrogens (tertiary/aromatic N) is 4. The minimum atomic E-state index is -0.367. The lowest BCUT2D eigenvalue weighted by atomic mass is 9.93. The molecule has 4 rings (SSSR count). The van der Waals surface area contributed by atoms with Gasteiger partial charge in [0.15, 0.2) is 0 Å². The lowest BCUT2D eigenvalue weighted by Gasteiger charge is -2.32.